The lowest BCUT2D eigenvalue weighted by atomic mass is 9.93. The number of carbonyl (C=O) groups excluding carboxylic acids is 1. The summed E-state index contributed by atoms with van der Waals surface area (Å²) in [4.78, 5) is 13.4. The van der Waals surface area contributed by atoms with Crippen LogP contribution in [0.25, 0.3) is 22.3 Å². The lowest BCUT2D eigenvalue weighted by Gasteiger charge is -2.19. The second kappa shape index (κ2) is 18.0. The number of benzene rings is 3. The normalized spacial score (nSPS) is 10.8. The minimum atomic E-state index is -0.129. The molecule has 0 saturated heterocycles. The molecule has 0 aliphatic heterocycles. The molecule has 0 heterocycles. The fraction of sp³-hybridized carbons (Fsp3) is 0.457. The van der Waals surface area contributed by atoms with Crippen LogP contribution in [0.15, 0.2) is 60.7 Å². The van der Waals surface area contributed by atoms with Gasteiger partial charge in [0.05, 0.1) is 20.8 Å². The Bertz CT molecular complexity index is 1140. The Hall–Kier alpha value is -3.51. The summed E-state index contributed by atoms with van der Waals surface area (Å²) in [5.41, 5.74) is 3.75. The molecule has 0 aliphatic carbocycles. The van der Waals surface area contributed by atoms with E-state index in [9.17, 15) is 9.90 Å². The third-order valence-corrected chi connectivity index (χ3v) is 7.27. The predicted molar refractivity (Wildman–Crippen MR) is 167 cm³/mol. The van der Waals surface area contributed by atoms with Crippen molar-refractivity contribution in [3.8, 4) is 39.5 Å². The van der Waals surface area contributed by atoms with E-state index in [0.29, 0.717) is 29.4 Å². The number of methoxy groups -OCH3 is 2. The van der Waals surface area contributed by atoms with Gasteiger partial charge in [-0.25, -0.2) is 0 Å². The van der Waals surface area contributed by atoms with Crippen LogP contribution in [0.2, 0.25) is 0 Å². The number of unbranched alkanes of at least 4 members (excludes halogenated alkanes) is 9. The SMILES string of the molecule is CCCCCCCCCCCCNC(=O)c1cc(-c2cccc(OC)c2)c(OCCO)c(-c2cccc(OC)c2)c1. The van der Waals surface area contributed by atoms with E-state index >= 15 is 0 Å². The molecule has 0 saturated carbocycles. The van der Waals surface area contributed by atoms with Gasteiger partial charge < -0.3 is 24.6 Å². The highest BCUT2D eigenvalue weighted by atomic mass is 16.5. The summed E-state index contributed by atoms with van der Waals surface area (Å²) in [5.74, 6) is 1.87. The molecule has 0 atom stereocenters. The van der Waals surface area contributed by atoms with Gasteiger partial charge in [0.15, 0.2) is 0 Å². The van der Waals surface area contributed by atoms with E-state index in [1.54, 1.807) is 14.2 Å². The van der Waals surface area contributed by atoms with Crippen LogP contribution in [0.5, 0.6) is 17.2 Å². The van der Waals surface area contributed by atoms with Crippen molar-refractivity contribution >= 4 is 5.91 Å². The van der Waals surface area contributed by atoms with Crippen molar-refractivity contribution in [1.29, 1.82) is 0 Å². The molecule has 222 valence electrons. The second-order valence-electron chi connectivity index (χ2n) is 10.4. The number of nitrogens with one attached hydrogen (secondary N) is 1. The third kappa shape index (κ3) is 10.1. The maximum absolute atomic E-state index is 13.4. The van der Waals surface area contributed by atoms with Gasteiger partial charge in [-0.2, -0.15) is 0 Å². The molecule has 41 heavy (non-hydrogen) atoms. The molecular formula is C35H47NO5. The molecular weight excluding hydrogens is 514 g/mol. The zero-order valence-electron chi connectivity index (χ0n) is 25.0. The van der Waals surface area contributed by atoms with Crippen LogP contribution in [-0.4, -0.2) is 45.0 Å². The van der Waals surface area contributed by atoms with Gasteiger partial charge in [0.25, 0.3) is 5.91 Å². The van der Waals surface area contributed by atoms with E-state index in [2.05, 4.69) is 12.2 Å². The highest BCUT2D eigenvalue weighted by Gasteiger charge is 2.19. The van der Waals surface area contributed by atoms with Crippen molar-refractivity contribution in [2.45, 2.75) is 71.1 Å². The van der Waals surface area contributed by atoms with Gasteiger partial charge in [-0.3, -0.25) is 4.79 Å². The summed E-state index contributed by atoms with van der Waals surface area (Å²) >= 11 is 0. The Morgan fingerprint density at radius 1 is 0.732 bits per heavy atom. The van der Waals surface area contributed by atoms with Crippen LogP contribution >= 0.6 is 0 Å². The van der Waals surface area contributed by atoms with Gasteiger partial charge in [-0.05, 0) is 53.9 Å². The Balaban J connectivity index is 1.79. The molecule has 3 rings (SSSR count). The average Bonchev–Trinajstić information content (AvgIpc) is 3.02. The highest BCUT2D eigenvalue weighted by Crippen LogP contribution is 2.42. The summed E-state index contributed by atoms with van der Waals surface area (Å²) in [6.45, 7) is 2.89. The summed E-state index contributed by atoms with van der Waals surface area (Å²) in [6.07, 6.45) is 12.5. The number of carbonyl (C=O) groups is 1. The first-order valence-corrected chi connectivity index (χ1v) is 15.1. The van der Waals surface area contributed by atoms with Crippen molar-refractivity contribution in [1.82, 2.24) is 5.32 Å². The van der Waals surface area contributed by atoms with E-state index < -0.39 is 0 Å². The molecule has 6 nitrogen and oxygen atoms in total. The monoisotopic (exact) mass is 561 g/mol. The summed E-state index contributed by atoms with van der Waals surface area (Å²) in [7, 11) is 3.25. The summed E-state index contributed by atoms with van der Waals surface area (Å²) in [6, 6.07) is 19.1. The standard InChI is InChI=1S/C35H47NO5/c1-4-5-6-7-8-9-10-11-12-13-20-36-35(38)29-25-32(27-16-14-18-30(23-27)39-2)34(41-22-21-37)33(26-29)28-17-15-19-31(24-28)40-3/h14-19,23-26,37H,4-13,20-22H2,1-3H3,(H,36,38). The molecule has 0 aromatic heterocycles. The molecule has 0 aliphatic rings. The van der Waals surface area contributed by atoms with Crippen LogP contribution in [0.4, 0.5) is 0 Å². The molecule has 3 aromatic carbocycles. The van der Waals surface area contributed by atoms with Crippen LogP contribution in [0.1, 0.15) is 81.5 Å². The lowest BCUT2D eigenvalue weighted by molar-refractivity contribution is 0.0953. The first-order chi connectivity index (χ1) is 20.1. The average molecular weight is 562 g/mol. The molecule has 2 N–H and O–H groups in total. The Morgan fingerprint density at radius 2 is 1.24 bits per heavy atom. The minimum Gasteiger partial charge on any atom is -0.497 e. The van der Waals surface area contributed by atoms with E-state index in [0.717, 1.165) is 35.1 Å². The number of amides is 1. The fourth-order valence-corrected chi connectivity index (χ4v) is 4.99. The maximum Gasteiger partial charge on any atom is 0.251 e. The maximum atomic E-state index is 13.4. The molecule has 0 unspecified atom stereocenters. The van der Waals surface area contributed by atoms with Crippen molar-refractivity contribution in [3.05, 3.63) is 66.2 Å². The van der Waals surface area contributed by atoms with Crippen molar-refractivity contribution in [3.63, 3.8) is 0 Å². The highest BCUT2D eigenvalue weighted by molar-refractivity contribution is 5.99. The topological polar surface area (TPSA) is 77.0 Å². The van der Waals surface area contributed by atoms with Gasteiger partial charge in [0.1, 0.15) is 23.9 Å². The van der Waals surface area contributed by atoms with Gasteiger partial charge in [-0.1, -0.05) is 89.0 Å². The zero-order valence-corrected chi connectivity index (χ0v) is 25.0. The van der Waals surface area contributed by atoms with Crippen LogP contribution < -0.4 is 19.5 Å². The second-order valence-corrected chi connectivity index (χ2v) is 10.4. The Kier molecular flexibility index (Phi) is 14.1. The first kappa shape index (κ1) is 32.0. The Labute approximate surface area is 246 Å². The minimum absolute atomic E-state index is 0.122. The van der Waals surface area contributed by atoms with Gasteiger partial charge >= 0.3 is 0 Å². The molecule has 6 heteroatoms. The van der Waals surface area contributed by atoms with Gasteiger partial charge in [0.2, 0.25) is 0 Å². The van der Waals surface area contributed by atoms with Crippen LogP contribution in [-0.2, 0) is 0 Å². The number of hydrogen-bond acceptors (Lipinski definition) is 5. The molecule has 0 spiro atoms. The fourth-order valence-electron chi connectivity index (χ4n) is 4.99. The van der Waals surface area contributed by atoms with E-state index in [-0.39, 0.29) is 19.1 Å². The number of rotatable bonds is 19. The Morgan fingerprint density at radius 3 is 1.73 bits per heavy atom. The van der Waals surface area contributed by atoms with E-state index in [1.165, 1.54) is 51.4 Å². The van der Waals surface area contributed by atoms with Crippen molar-refractivity contribution in [2.24, 2.45) is 0 Å². The number of ether oxygens (including phenoxy) is 3. The van der Waals surface area contributed by atoms with Crippen LogP contribution in [0.3, 0.4) is 0 Å². The van der Waals surface area contributed by atoms with E-state index in [1.807, 2.05) is 60.7 Å². The van der Waals surface area contributed by atoms with Gasteiger partial charge in [0, 0.05) is 23.2 Å². The summed E-state index contributed by atoms with van der Waals surface area (Å²) < 4.78 is 17.0. The predicted octanol–water partition coefficient (Wildman–Crippen LogP) is 8.06. The number of aliphatic hydroxyl groups is 1. The quantitative estimate of drug-likeness (QED) is 0.145. The lowest BCUT2D eigenvalue weighted by Crippen LogP contribution is -2.24. The zero-order chi connectivity index (χ0) is 29.3. The molecule has 0 bridgehead atoms. The molecule has 0 radical (unpaired) electrons. The smallest absolute Gasteiger partial charge is 0.251 e. The summed E-state index contributed by atoms with van der Waals surface area (Å²) in [5, 5.41) is 12.7. The van der Waals surface area contributed by atoms with E-state index in [4.69, 9.17) is 14.2 Å². The first-order valence-electron chi connectivity index (χ1n) is 15.1. The number of aliphatic hydroxyl groups excluding tert-OH is 1. The number of hydrogen-bond donors (Lipinski definition) is 2. The van der Waals surface area contributed by atoms with Gasteiger partial charge in [-0.15, -0.1) is 0 Å². The molecule has 1 amide bonds. The largest absolute Gasteiger partial charge is 0.497 e. The van der Waals surface area contributed by atoms with Crippen molar-refractivity contribution < 1.29 is 24.1 Å². The molecule has 3 aromatic rings. The van der Waals surface area contributed by atoms with Crippen molar-refractivity contribution in [2.75, 3.05) is 34.0 Å². The molecule has 0 fully saturated rings. The van der Waals surface area contributed by atoms with Crippen LogP contribution in [0, 0.1) is 0 Å². The third-order valence-electron chi connectivity index (χ3n) is 7.27.